The van der Waals surface area contributed by atoms with Crippen LogP contribution in [0.1, 0.15) is 11.1 Å². The van der Waals surface area contributed by atoms with Gasteiger partial charge in [0, 0.05) is 25.4 Å². The Balaban J connectivity index is 1.88. The van der Waals surface area contributed by atoms with Crippen LogP contribution in [0.4, 0.5) is 5.69 Å². The number of nitrogens with one attached hydrogen (secondary N) is 1. The summed E-state index contributed by atoms with van der Waals surface area (Å²) >= 11 is 8.40. The monoisotopic (exact) mass is 544 g/mol. The van der Waals surface area contributed by atoms with E-state index in [-0.39, 0.29) is 12.2 Å². The van der Waals surface area contributed by atoms with Crippen molar-refractivity contribution in [3.8, 4) is 17.6 Å². The summed E-state index contributed by atoms with van der Waals surface area (Å²) in [6, 6.07) is 21.9. The Bertz CT molecular complexity index is 1150. The van der Waals surface area contributed by atoms with Gasteiger partial charge in [0.15, 0.2) is 11.5 Å². The van der Waals surface area contributed by atoms with E-state index >= 15 is 0 Å². The number of methoxy groups -OCH3 is 1. The molecule has 1 N–H and O–H groups in total. The van der Waals surface area contributed by atoms with Gasteiger partial charge >= 0.3 is 0 Å². The van der Waals surface area contributed by atoms with Crippen LogP contribution in [0.3, 0.4) is 0 Å². The summed E-state index contributed by atoms with van der Waals surface area (Å²) in [5.41, 5.74) is 1.89. The van der Waals surface area contributed by atoms with Crippen LogP contribution in [-0.4, -0.2) is 13.0 Å². The molecule has 0 spiro atoms. The van der Waals surface area contributed by atoms with Crippen LogP contribution in [-0.2, 0) is 11.4 Å². The normalized spacial score (nSPS) is 10.8. The molecule has 3 aromatic rings. The first-order chi connectivity index (χ1) is 15.0. The Morgan fingerprint density at radius 1 is 1.13 bits per heavy atom. The second-order valence-electron chi connectivity index (χ2n) is 6.39. The van der Waals surface area contributed by atoms with Crippen molar-refractivity contribution in [3.63, 3.8) is 0 Å². The SMILES string of the molecule is COc1cccc(/C=C(\C#N)C(=O)Nc2ccc(I)cc2)c1OCc1ccccc1Cl. The fraction of sp³-hybridized carbons (Fsp3) is 0.0833. The molecule has 0 radical (unpaired) electrons. The predicted octanol–water partition coefficient (Wildman–Crippen LogP) is 6.08. The van der Waals surface area contributed by atoms with Crippen molar-refractivity contribution in [2.24, 2.45) is 0 Å². The molecule has 0 aliphatic heterocycles. The lowest BCUT2D eigenvalue weighted by Gasteiger charge is -2.14. The summed E-state index contributed by atoms with van der Waals surface area (Å²) < 4.78 is 12.4. The summed E-state index contributed by atoms with van der Waals surface area (Å²) in [6.45, 7) is 0.206. The molecule has 0 atom stereocenters. The number of hydrogen-bond donors (Lipinski definition) is 1. The molecule has 0 aliphatic rings. The summed E-state index contributed by atoms with van der Waals surface area (Å²) in [5, 5.41) is 12.9. The first-order valence-electron chi connectivity index (χ1n) is 9.23. The van der Waals surface area contributed by atoms with Gasteiger partial charge in [0.2, 0.25) is 0 Å². The van der Waals surface area contributed by atoms with Gasteiger partial charge in [-0.3, -0.25) is 4.79 Å². The number of carbonyl (C=O) groups is 1. The first-order valence-corrected chi connectivity index (χ1v) is 10.7. The summed E-state index contributed by atoms with van der Waals surface area (Å²) in [6.07, 6.45) is 1.48. The Kier molecular flexibility index (Phi) is 7.93. The van der Waals surface area contributed by atoms with Gasteiger partial charge in [0.05, 0.1) is 7.11 Å². The molecule has 0 saturated heterocycles. The smallest absolute Gasteiger partial charge is 0.266 e. The molecule has 7 heteroatoms. The molecule has 0 aliphatic carbocycles. The van der Waals surface area contributed by atoms with Gasteiger partial charge in [-0.25, -0.2) is 0 Å². The van der Waals surface area contributed by atoms with Crippen LogP contribution in [0.15, 0.2) is 72.3 Å². The highest BCUT2D eigenvalue weighted by Gasteiger charge is 2.15. The maximum atomic E-state index is 12.6. The van der Waals surface area contributed by atoms with Crippen LogP contribution in [0.2, 0.25) is 5.02 Å². The van der Waals surface area contributed by atoms with E-state index in [1.165, 1.54) is 13.2 Å². The highest BCUT2D eigenvalue weighted by atomic mass is 127. The zero-order valence-electron chi connectivity index (χ0n) is 16.6. The van der Waals surface area contributed by atoms with Gasteiger partial charge in [-0.1, -0.05) is 41.9 Å². The lowest BCUT2D eigenvalue weighted by Crippen LogP contribution is -2.13. The van der Waals surface area contributed by atoms with Crippen molar-refractivity contribution in [2.75, 3.05) is 12.4 Å². The minimum atomic E-state index is -0.511. The van der Waals surface area contributed by atoms with Gasteiger partial charge < -0.3 is 14.8 Å². The number of nitriles is 1. The molecular weight excluding hydrogens is 527 g/mol. The van der Waals surface area contributed by atoms with E-state index in [1.807, 2.05) is 36.4 Å². The largest absolute Gasteiger partial charge is 0.493 e. The molecule has 0 saturated carbocycles. The lowest BCUT2D eigenvalue weighted by atomic mass is 10.1. The third-order valence-corrected chi connectivity index (χ3v) is 5.41. The second-order valence-corrected chi connectivity index (χ2v) is 8.04. The maximum absolute atomic E-state index is 12.6. The number of halogens is 2. The standard InChI is InChI=1S/C24H18ClIN2O3/c1-30-22-8-4-6-16(23(22)31-15-17-5-2-3-7-21(17)25)13-18(14-27)24(29)28-20-11-9-19(26)10-12-20/h2-13H,15H2,1H3,(H,28,29)/b18-13+. The second kappa shape index (κ2) is 10.8. The van der Waals surface area contributed by atoms with E-state index in [0.29, 0.717) is 27.8 Å². The fourth-order valence-corrected chi connectivity index (χ4v) is 3.31. The van der Waals surface area contributed by atoms with Crippen LogP contribution in [0.25, 0.3) is 6.08 Å². The minimum Gasteiger partial charge on any atom is -0.493 e. The van der Waals surface area contributed by atoms with Gasteiger partial charge in [0.25, 0.3) is 5.91 Å². The Labute approximate surface area is 199 Å². The van der Waals surface area contributed by atoms with E-state index in [0.717, 1.165) is 9.13 Å². The Hall–Kier alpha value is -3.02. The minimum absolute atomic E-state index is 0.0607. The number of carbonyl (C=O) groups excluding carboxylic acids is 1. The number of rotatable bonds is 7. The average molecular weight is 545 g/mol. The highest BCUT2D eigenvalue weighted by molar-refractivity contribution is 14.1. The summed E-state index contributed by atoms with van der Waals surface area (Å²) in [5.74, 6) is 0.388. The number of hydrogen-bond acceptors (Lipinski definition) is 4. The molecular formula is C24H18ClIN2O3. The van der Waals surface area contributed by atoms with E-state index < -0.39 is 5.91 Å². The molecule has 3 rings (SSSR count). The number of ether oxygens (including phenoxy) is 2. The molecule has 0 heterocycles. The van der Waals surface area contributed by atoms with Gasteiger partial charge in [-0.05, 0) is 65.1 Å². The summed E-state index contributed by atoms with van der Waals surface area (Å²) in [4.78, 5) is 12.6. The number of anilines is 1. The van der Waals surface area contributed by atoms with E-state index in [4.69, 9.17) is 21.1 Å². The van der Waals surface area contributed by atoms with Gasteiger partial charge in [-0.2, -0.15) is 5.26 Å². The number of para-hydroxylation sites is 1. The van der Waals surface area contributed by atoms with Crippen molar-refractivity contribution in [1.29, 1.82) is 5.26 Å². The predicted molar refractivity (Wildman–Crippen MR) is 130 cm³/mol. The molecule has 0 aromatic heterocycles. The lowest BCUT2D eigenvalue weighted by molar-refractivity contribution is -0.112. The third kappa shape index (κ3) is 6.00. The molecule has 31 heavy (non-hydrogen) atoms. The van der Waals surface area contributed by atoms with Gasteiger partial charge in [0.1, 0.15) is 18.2 Å². The van der Waals surface area contributed by atoms with E-state index in [1.54, 1.807) is 36.4 Å². The van der Waals surface area contributed by atoms with Crippen molar-refractivity contribution >= 4 is 51.9 Å². The quantitative estimate of drug-likeness (QED) is 0.222. The maximum Gasteiger partial charge on any atom is 0.266 e. The van der Waals surface area contributed by atoms with Crippen molar-refractivity contribution in [2.45, 2.75) is 6.61 Å². The first kappa shape index (κ1) is 22.7. The molecule has 0 bridgehead atoms. The van der Waals surface area contributed by atoms with Gasteiger partial charge in [-0.15, -0.1) is 0 Å². The average Bonchev–Trinajstić information content (AvgIpc) is 2.78. The fourth-order valence-electron chi connectivity index (χ4n) is 2.76. The third-order valence-electron chi connectivity index (χ3n) is 4.33. The summed E-state index contributed by atoms with van der Waals surface area (Å²) in [7, 11) is 1.53. The number of benzene rings is 3. The number of amides is 1. The Morgan fingerprint density at radius 2 is 1.87 bits per heavy atom. The van der Waals surface area contributed by atoms with E-state index in [2.05, 4.69) is 27.9 Å². The molecule has 0 fully saturated rings. The number of nitrogens with zero attached hydrogens (tertiary/aromatic N) is 1. The van der Waals surface area contributed by atoms with E-state index in [9.17, 15) is 10.1 Å². The molecule has 3 aromatic carbocycles. The van der Waals surface area contributed by atoms with Crippen molar-refractivity contribution < 1.29 is 14.3 Å². The Morgan fingerprint density at radius 3 is 2.55 bits per heavy atom. The molecule has 1 amide bonds. The molecule has 0 unspecified atom stereocenters. The topological polar surface area (TPSA) is 71.3 Å². The highest BCUT2D eigenvalue weighted by Crippen LogP contribution is 2.34. The van der Waals surface area contributed by atoms with Crippen molar-refractivity contribution in [3.05, 3.63) is 92.0 Å². The van der Waals surface area contributed by atoms with Crippen molar-refractivity contribution in [1.82, 2.24) is 0 Å². The van der Waals surface area contributed by atoms with Crippen LogP contribution in [0, 0.1) is 14.9 Å². The zero-order valence-corrected chi connectivity index (χ0v) is 19.5. The molecule has 156 valence electrons. The van der Waals surface area contributed by atoms with Crippen LogP contribution < -0.4 is 14.8 Å². The molecule has 5 nitrogen and oxygen atoms in total. The van der Waals surface area contributed by atoms with Crippen LogP contribution >= 0.6 is 34.2 Å². The zero-order chi connectivity index (χ0) is 22.2. The van der Waals surface area contributed by atoms with Crippen LogP contribution in [0.5, 0.6) is 11.5 Å².